The van der Waals surface area contributed by atoms with Gasteiger partial charge in [-0.3, -0.25) is 0 Å². The Balaban J connectivity index is -0.000000416. The van der Waals surface area contributed by atoms with Crippen LogP contribution in [0.3, 0.4) is 0 Å². The molecule has 2 unspecified atom stereocenters. The maximum atomic E-state index is 10.9. The molecule has 0 saturated heterocycles. The van der Waals surface area contributed by atoms with Crippen LogP contribution >= 0.6 is 0 Å². The second-order valence-electron chi connectivity index (χ2n) is 5.65. The molecule has 2 aliphatic rings. The van der Waals surface area contributed by atoms with Gasteiger partial charge in [-0.25, -0.2) is 19.2 Å². The standard InChI is InChI=1S/C9H10O5.C5H6O3.C4H4O2.C4H10O.CH5N/c1-6-5-8(14-9(6)11)13-4-3-7(10)12-2;1-3-2-4(6)8-5(3)7;1-3-4(5)6-2;1-3-5-4-2;1-2/h3-5,8H,1-2H3;2,4,6H,1H3;1H,2H3;3-4H2,1-2H3;2H2,1H3/b4-3+;;;;. The molecular weight excluding hydrogens is 466 g/mol. The first kappa shape index (κ1) is 35.9. The number of hydrogen-bond acceptors (Lipinski definition) is 12. The maximum Gasteiger partial charge on any atom is 0.383 e. The highest BCUT2D eigenvalue weighted by Crippen LogP contribution is 2.13. The Labute approximate surface area is 205 Å². The molecule has 3 N–H and O–H groups in total. The lowest BCUT2D eigenvalue weighted by Crippen LogP contribution is -2.09. The molecule has 0 bridgehead atoms. The SMILES string of the molecule is C#CC(=O)OC.CC1=CC(O)OC1=O.CCOCC.CN.COC(=O)/C=C/OC1C=C(C)C(=O)O1. The molecule has 0 aromatic rings. The van der Waals surface area contributed by atoms with Crippen molar-refractivity contribution in [1.29, 1.82) is 0 Å². The van der Waals surface area contributed by atoms with Gasteiger partial charge in [-0.15, -0.1) is 6.42 Å². The summed E-state index contributed by atoms with van der Waals surface area (Å²) in [6.07, 6.45) is 7.90. The number of aliphatic hydroxyl groups excluding tert-OH is 1. The molecule has 198 valence electrons. The minimum Gasteiger partial charge on any atom is -0.466 e. The minimum absolute atomic E-state index is 0.415. The van der Waals surface area contributed by atoms with Gasteiger partial charge in [-0.1, -0.05) is 0 Å². The van der Waals surface area contributed by atoms with E-state index in [-0.39, 0.29) is 0 Å². The van der Waals surface area contributed by atoms with Gasteiger partial charge >= 0.3 is 23.9 Å². The summed E-state index contributed by atoms with van der Waals surface area (Å²) < 4.78 is 27.1. The van der Waals surface area contributed by atoms with Crippen molar-refractivity contribution < 1.29 is 52.7 Å². The summed E-state index contributed by atoms with van der Waals surface area (Å²) >= 11 is 0. The summed E-state index contributed by atoms with van der Waals surface area (Å²) in [6, 6.07) is 0. The summed E-state index contributed by atoms with van der Waals surface area (Å²) in [7, 11) is 3.99. The Kier molecular flexibility index (Phi) is 24.1. The van der Waals surface area contributed by atoms with Gasteiger partial charge in [0.2, 0.25) is 6.29 Å². The fraction of sp³-hybridized carbons (Fsp3) is 0.478. The van der Waals surface area contributed by atoms with Crippen molar-refractivity contribution >= 4 is 23.9 Å². The van der Waals surface area contributed by atoms with Crippen molar-refractivity contribution in [1.82, 2.24) is 0 Å². The van der Waals surface area contributed by atoms with Crippen molar-refractivity contribution in [3.63, 3.8) is 0 Å². The molecule has 0 aromatic heterocycles. The van der Waals surface area contributed by atoms with Gasteiger partial charge in [0.05, 0.1) is 26.6 Å². The zero-order chi connectivity index (χ0) is 27.8. The van der Waals surface area contributed by atoms with Crippen LogP contribution in [0.1, 0.15) is 27.7 Å². The van der Waals surface area contributed by atoms with E-state index >= 15 is 0 Å². The summed E-state index contributed by atoms with van der Waals surface area (Å²) in [5, 5.41) is 8.55. The molecule has 0 radical (unpaired) electrons. The number of terminal acetylenes is 1. The monoisotopic (exact) mass is 501 g/mol. The van der Waals surface area contributed by atoms with Crippen molar-refractivity contribution in [2.24, 2.45) is 5.73 Å². The zero-order valence-corrected chi connectivity index (χ0v) is 21.1. The summed E-state index contributed by atoms with van der Waals surface area (Å²) in [5.74, 6) is -0.257. The Hall–Kier alpha value is -3.66. The van der Waals surface area contributed by atoms with E-state index in [2.05, 4.69) is 26.4 Å². The Morgan fingerprint density at radius 3 is 1.80 bits per heavy atom. The van der Waals surface area contributed by atoms with Crippen molar-refractivity contribution in [3.05, 3.63) is 35.6 Å². The van der Waals surface area contributed by atoms with Crippen LogP contribution in [0.5, 0.6) is 0 Å². The normalized spacial score (nSPS) is 16.9. The predicted octanol–water partition coefficient (Wildman–Crippen LogP) is 0.737. The summed E-state index contributed by atoms with van der Waals surface area (Å²) in [4.78, 5) is 41.5. The highest BCUT2D eigenvalue weighted by molar-refractivity contribution is 5.90. The third-order valence-electron chi connectivity index (χ3n) is 3.20. The number of nitrogens with two attached hydrogens (primary N) is 1. The third kappa shape index (κ3) is 20.7. The smallest absolute Gasteiger partial charge is 0.383 e. The second-order valence-corrected chi connectivity index (χ2v) is 5.65. The first-order valence-corrected chi connectivity index (χ1v) is 10.1. The lowest BCUT2D eigenvalue weighted by molar-refractivity contribution is -0.152. The first-order valence-electron chi connectivity index (χ1n) is 10.1. The zero-order valence-electron chi connectivity index (χ0n) is 21.1. The van der Waals surface area contributed by atoms with Crippen molar-refractivity contribution in [2.75, 3.05) is 34.5 Å². The summed E-state index contributed by atoms with van der Waals surface area (Å²) in [6.45, 7) is 8.88. The fourth-order valence-electron chi connectivity index (χ4n) is 1.59. The van der Waals surface area contributed by atoms with Crippen molar-refractivity contribution in [3.8, 4) is 12.3 Å². The quantitative estimate of drug-likeness (QED) is 0.135. The Bertz CT molecular complexity index is 777. The number of aliphatic hydroxyl groups is 1. The lowest BCUT2D eigenvalue weighted by Gasteiger charge is -2.05. The van der Waals surface area contributed by atoms with Crippen LogP contribution in [0.15, 0.2) is 35.6 Å². The molecule has 2 heterocycles. The van der Waals surface area contributed by atoms with Gasteiger partial charge in [0.25, 0.3) is 6.29 Å². The number of methoxy groups -OCH3 is 2. The number of carbonyl (C=O) groups is 4. The van der Waals surface area contributed by atoms with Crippen LogP contribution in [-0.4, -0.2) is 76.0 Å². The number of cyclic esters (lactones) is 2. The molecule has 35 heavy (non-hydrogen) atoms. The van der Waals surface area contributed by atoms with Crippen LogP contribution in [-0.2, 0) is 47.6 Å². The van der Waals surface area contributed by atoms with E-state index in [9.17, 15) is 19.2 Å². The average Bonchev–Trinajstić information content (AvgIpc) is 3.33. The number of carbonyl (C=O) groups excluding carboxylic acids is 4. The molecule has 2 atom stereocenters. The molecule has 0 spiro atoms. The first-order chi connectivity index (χ1) is 16.6. The van der Waals surface area contributed by atoms with Crippen LogP contribution in [0, 0.1) is 12.3 Å². The minimum atomic E-state index is -1.01. The van der Waals surface area contributed by atoms with Gasteiger partial charge in [-0.05, 0) is 40.8 Å². The number of rotatable bonds is 5. The van der Waals surface area contributed by atoms with E-state index in [1.807, 2.05) is 13.8 Å². The largest absolute Gasteiger partial charge is 0.466 e. The lowest BCUT2D eigenvalue weighted by atomic mass is 10.3. The van der Waals surface area contributed by atoms with Crippen LogP contribution in [0.25, 0.3) is 0 Å². The average molecular weight is 502 g/mol. The van der Waals surface area contributed by atoms with E-state index in [0.29, 0.717) is 11.1 Å². The molecule has 0 fully saturated rings. The molecule has 2 rings (SSSR count). The van der Waals surface area contributed by atoms with Gasteiger partial charge in [0, 0.05) is 36.4 Å². The fourth-order valence-corrected chi connectivity index (χ4v) is 1.59. The summed E-state index contributed by atoms with van der Waals surface area (Å²) in [5.41, 5.74) is 5.46. The molecule has 0 aromatic carbocycles. The molecule has 12 heteroatoms. The second kappa shape index (κ2) is 23.5. The molecular formula is C23H35NO11. The van der Waals surface area contributed by atoms with E-state index in [4.69, 9.17) is 19.3 Å². The van der Waals surface area contributed by atoms with E-state index in [1.54, 1.807) is 19.8 Å². The van der Waals surface area contributed by atoms with E-state index in [0.717, 1.165) is 25.6 Å². The molecule has 0 saturated carbocycles. The highest BCUT2D eigenvalue weighted by atomic mass is 16.7. The molecule has 0 amide bonds. The number of ether oxygens (including phenoxy) is 6. The van der Waals surface area contributed by atoms with Crippen LogP contribution in [0.2, 0.25) is 0 Å². The number of esters is 4. The van der Waals surface area contributed by atoms with Gasteiger partial charge in [-0.2, -0.15) is 0 Å². The third-order valence-corrected chi connectivity index (χ3v) is 3.20. The number of hydrogen-bond donors (Lipinski definition) is 2. The van der Waals surface area contributed by atoms with Gasteiger partial charge < -0.3 is 39.3 Å². The van der Waals surface area contributed by atoms with Gasteiger partial charge in [0.15, 0.2) is 0 Å². The highest BCUT2D eigenvalue weighted by Gasteiger charge is 2.22. The van der Waals surface area contributed by atoms with Crippen LogP contribution < -0.4 is 5.73 Å². The Morgan fingerprint density at radius 2 is 1.57 bits per heavy atom. The van der Waals surface area contributed by atoms with Gasteiger partial charge in [0.1, 0.15) is 0 Å². The molecule has 0 aliphatic carbocycles. The van der Waals surface area contributed by atoms with E-state index in [1.165, 1.54) is 33.4 Å². The topological polar surface area (TPSA) is 170 Å². The molecule has 2 aliphatic heterocycles. The Morgan fingerprint density at radius 1 is 1.06 bits per heavy atom. The maximum absolute atomic E-state index is 10.9. The molecule has 12 nitrogen and oxygen atoms in total. The van der Waals surface area contributed by atoms with Crippen molar-refractivity contribution in [2.45, 2.75) is 40.3 Å². The van der Waals surface area contributed by atoms with Crippen LogP contribution in [0.4, 0.5) is 0 Å². The predicted molar refractivity (Wildman–Crippen MR) is 125 cm³/mol. The van der Waals surface area contributed by atoms with E-state index < -0.39 is 36.5 Å².